The van der Waals surface area contributed by atoms with Gasteiger partial charge in [-0.2, -0.15) is 0 Å². The molecular weight excluding hydrogens is 218 g/mol. The van der Waals surface area contributed by atoms with Crippen LogP contribution in [0.2, 0.25) is 0 Å². The van der Waals surface area contributed by atoms with E-state index in [0.717, 1.165) is 6.08 Å². The van der Waals surface area contributed by atoms with Gasteiger partial charge in [0.05, 0.1) is 6.61 Å². The molecule has 92 valence electrons. The summed E-state index contributed by atoms with van der Waals surface area (Å²) in [6.45, 7) is 2.25. The Morgan fingerprint density at radius 3 is 2.12 bits per heavy atom. The molecule has 0 fully saturated rings. The Balaban J connectivity index is 4.60. The van der Waals surface area contributed by atoms with Crippen LogP contribution < -0.4 is 5.73 Å². The molecule has 0 unspecified atom stereocenters. The average Bonchev–Trinajstić information content (AvgIpc) is 2.32. The van der Waals surface area contributed by atoms with Crippen LogP contribution in [-0.4, -0.2) is 63.0 Å². The molecule has 16 heavy (non-hydrogen) atoms. The Labute approximate surface area is 91.8 Å². The number of hydrogen-bond acceptors (Lipinski definition) is 7. The summed E-state index contributed by atoms with van der Waals surface area (Å²) in [5.41, 5.74) is 5.21. The van der Waals surface area contributed by atoms with Crippen LogP contribution in [0, 0.1) is 0 Å². The summed E-state index contributed by atoms with van der Waals surface area (Å²) in [6.07, 6.45) is -4.59. The molecule has 0 aliphatic heterocycles. The molecule has 0 rings (SSSR count). The summed E-state index contributed by atoms with van der Waals surface area (Å²) in [4.78, 5) is 22.0. The molecule has 7 heteroatoms. The van der Waals surface area contributed by atoms with Crippen LogP contribution in [0.15, 0.2) is 12.7 Å². The van der Waals surface area contributed by atoms with Crippen molar-refractivity contribution < 1.29 is 30.0 Å². The van der Waals surface area contributed by atoms with Crippen molar-refractivity contribution in [1.82, 2.24) is 0 Å². The van der Waals surface area contributed by atoms with Crippen molar-refractivity contribution in [3.8, 4) is 0 Å². The Bertz CT molecular complexity index is 279. The molecule has 6 N–H and O–H groups in total. The van der Waals surface area contributed by atoms with Crippen LogP contribution in [0.4, 0.5) is 0 Å². The lowest BCUT2D eigenvalue weighted by atomic mass is 9.97. The van der Waals surface area contributed by atoms with E-state index in [0.29, 0.717) is 0 Å². The highest BCUT2D eigenvalue weighted by molar-refractivity contribution is 6.43. The number of ketones is 2. The second-order valence-corrected chi connectivity index (χ2v) is 3.19. The van der Waals surface area contributed by atoms with Gasteiger partial charge in [-0.1, -0.05) is 6.58 Å². The zero-order chi connectivity index (χ0) is 12.9. The van der Waals surface area contributed by atoms with Crippen LogP contribution in [0.5, 0.6) is 0 Å². The van der Waals surface area contributed by atoms with Gasteiger partial charge in [-0.05, 0) is 6.08 Å². The summed E-state index contributed by atoms with van der Waals surface area (Å²) in [5, 5.41) is 36.1. The lowest BCUT2D eigenvalue weighted by molar-refractivity contribution is -0.139. The van der Waals surface area contributed by atoms with Gasteiger partial charge in [0.15, 0.2) is 0 Å². The predicted molar refractivity (Wildman–Crippen MR) is 53.3 cm³/mol. The van der Waals surface area contributed by atoms with Gasteiger partial charge in [-0.3, -0.25) is 9.59 Å². The molecule has 0 radical (unpaired) electrons. The number of aliphatic hydroxyl groups is 4. The van der Waals surface area contributed by atoms with Gasteiger partial charge in [0.1, 0.15) is 24.4 Å². The van der Waals surface area contributed by atoms with E-state index in [4.69, 9.17) is 15.9 Å². The normalized spacial score (nSPS) is 18.3. The molecule has 7 nitrogen and oxygen atoms in total. The highest BCUT2D eigenvalue weighted by atomic mass is 16.4. The number of aliphatic hydroxyl groups excluding tert-OH is 4. The number of rotatable bonds is 7. The van der Waals surface area contributed by atoms with Gasteiger partial charge in [-0.15, -0.1) is 0 Å². The molecule has 0 saturated heterocycles. The number of hydrogen-bond donors (Lipinski definition) is 5. The SMILES string of the molecule is C=CC(=O)C(=O)[C@H](N)[C@@H](O)[C@H](O)[C@H](O)CO. The lowest BCUT2D eigenvalue weighted by Gasteiger charge is -2.24. The Kier molecular flexibility index (Phi) is 6.01. The minimum atomic E-state index is -1.85. The number of nitrogens with two attached hydrogens (primary N) is 1. The number of carbonyl (C=O) groups is 2. The number of carbonyl (C=O) groups excluding carboxylic acids is 2. The maximum Gasteiger partial charge on any atom is 0.222 e. The van der Waals surface area contributed by atoms with Crippen molar-refractivity contribution in [2.45, 2.75) is 24.4 Å². The standard InChI is InChI=1S/C9H15NO6/c1-2-4(12)7(14)6(10)9(16)8(15)5(13)3-11/h2,5-6,8-9,11,13,15-16H,1,3,10H2/t5-,6+,8-,9-/m1/s1. The third kappa shape index (κ3) is 3.47. The van der Waals surface area contributed by atoms with Crippen LogP contribution in [0.25, 0.3) is 0 Å². The summed E-state index contributed by atoms with van der Waals surface area (Å²) in [5.74, 6) is -2.14. The monoisotopic (exact) mass is 233 g/mol. The topological polar surface area (TPSA) is 141 Å². The van der Waals surface area contributed by atoms with E-state index in [1.165, 1.54) is 0 Å². The molecule has 0 aromatic carbocycles. The molecule has 0 spiro atoms. The Morgan fingerprint density at radius 2 is 1.75 bits per heavy atom. The largest absolute Gasteiger partial charge is 0.394 e. The first-order valence-electron chi connectivity index (χ1n) is 4.48. The molecule has 0 aliphatic rings. The van der Waals surface area contributed by atoms with Crippen molar-refractivity contribution >= 4 is 11.6 Å². The van der Waals surface area contributed by atoms with Crippen LogP contribution in [-0.2, 0) is 9.59 Å². The highest BCUT2D eigenvalue weighted by Gasteiger charge is 2.34. The van der Waals surface area contributed by atoms with E-state index in [-0.39, 0.29) is 0 Å². The molecule has 0 aromatic heterocycles. The van der Waals surface area contributed by atoms with Gasteiger partial charge < -0.3 is 26.2 Å². The minimum absolute atomic E-state index is 0.726. The maximum absolute atomic E-state index is 11.2. The first-order chi connectivity index (χ1) is 7.36. The van der Waals surface area contributed by atoms with E-state index < -0.39 is 42.5 Å². The average molecular weight is 233 g/mol. The third-order valence-electron chi connectivity index (χ3n) is 2.03. The van der Waals surface area contributed by atoms with Gasteiger partial charge in [0.2, 0.25) is 11.6 Å². The van der Waals surface area contributed by atoms with E-state index in [9.17, 15) is 19.8 Å². The summed E-state index contributed by atoms with van der Waals surface area (Å²) in [6, 6.07) is -1.68. The van der Waals surface area contributed by atoms with Gasteiger partial charge >= 0.3 is 0 Å². The van der Waals surface area contributed by atoms with Gasteiger partial charge in [0, 0.05) is 0 Å². The van der Waals surface area contributed by atoms with Gasteiger partial charge in [0.25, 0.3) is 0 Å². The van der Waals surface area contributed by atoms with Crippen molar-refractivity contribution in [1.29, 1.82) is 0 Å². The fourth-order valence-corrected chi connectivity index (χ4v) is 0.968. The first kappa shape index (κ1) is 14.9. The lowest BCUT2D eigenvalue weighted by Crippen LogP contribution is -2.54. The van der Waals surface area contributed by atoms with Crippen LogP contribution in [0.3, 0.4) is 0 Å². The predicted octanol–water partition coefficient (Wildman–Crippen LogP) is -3.29. The first-order valence-corrected chi connectivity index (χ1v) is 4.48. The van der Waals surface area contributed by atoms with E-state index in [1.54, 1.807) is 0 Å². The summed E-state index contributed by atoms with van der Waals surface area (Å²) < 4.78 is 0. The smallest absolute Gasteiger partial charge is 0.222 e. The third-order valence-corrected chi connectivity index (χ3v) is 2.03. The molecule has 0 saturated carbocycles. The van der Waals surface area contributed by atoms with E-state index in [1.807, 2.05) is 0 Å². The zero-order valence-corrected chi connectivity index (χ0v) is 8.48. The molecule has 0 amide bonds. The fraction of sp³-hybridized carbons (Fsp3) is 0.556. The molecule has 4 atom stereocenters. The van der Waals surface area contributed by atoms with Crippen molar-refractivity contribution in [2.24, 2.45) is 5.73 Å². The highest BCUT2D eigenvalue weighted by Crippen LogP contribution is 2.05. The summed E-state index contributed by atoms with van der Waals surface area (Å²) in [7, 11) is 0. The Morgan fingerprint density at radius 1 is 1.25 bits per heavy atom. The zero-order valence-electron chi connectivity index (χ0n) is 8.48. The quantitative estimate of drug-likeness (QED) is 0.229. The summed E-state index contributed by atoms with van der Waals surface area (Å²) >= 11 is 0. The Hall–Kier alpha value is -1.12. The van der Waals surface area contributed by atoms with Gasteiger partial charge in [-0.25, -0.2) is 0 Å². The van der Waals surface area contributed by atoms with Crippen LogP contribution >= 0.6 is 0 Å². The molecule has 0 bridgehead atoms. The van der Waals surface area contributed by atoms with Crippen molar-refractivity contribution in [2.75, 3.05) is 6.61 Å². The fourth-order valence-electron chi connectivity index (χ4n) is 0.968. The molecule has 0 aliphatic carbocycles. The molecular formula is C9H15NO6. The maximum atomic E-state index is 11.2. The number of Topliss-reactive ketones (excluding diaryl/α,β-unsaturated/α-hetero) is 1. The number of allylic oxidation sites excluding steroid dienone is 1. The van der Waals surface area contributed by atoms with E-state index >= 15 is 0 Å². The molecule has 0 aromatic rings. The second-order valence-electron chi connectivity index (χ2n) is 3.19. The van der Waals surface area contributed by atoms with Crippen LogP contribution in [0.1, 0.15) is 0 Å². The van der Waals surface area contributed by atoms with Crippen molar-refractivity contribution in [3.05, 3.63) is 12.7 Å². The van der Waals surface area contributed by atoms with E-state index in [2.05, 4.69) is 6.58 Å². The second kappa shape index (κ2) is 6.46. The molecule has 0 heterocycles. The minimum Gasteiger partial charge on any atom is -0.394 e. The van der Waals surface area contributed by atoms with Crippen molar-refractivity contribution in [3.63, 3.8) is 0 Å².